The Morgan fingerprint density at radius 1 is 1.24 bits per heavy atom. The summed E-state index contributed by atoms with van der Waals surface area (Å²) < 4.78 is 0. The van der Waals surface area contributed by atoms with E-state index in [1.54, 1.807) is 31.2 Å². The number of allylic oxidation sites excluding steroid dienone is 2. The van der Waals surface area contributed by atoms with Crippen molar-refractivity contribution in [2.45, 2.75) is 19.8 Å². The normalized spacial score (nSPS) is 14.6. The molecule has 1 aliphatic rings. The lowest BCUT2D eigenvalue weighted by Crippen LogP contribution is -2.21. The molecule has 4 heteroatoms. The second-order valence-corrected chi connectivity index (χ2v) is 4.78. The van der Waals surface area contributed by atoms with Gasteiger partial charge in [-0.3, -0.25) is 14.4 Å². The quantitative estimate of drug-likeness (QED) is 0.861. The van der Waals surface area contributed by atoms with Crippen molar-refractivity contribution in [1.82, 2.24) is 0 Å². The lowest BCUT2D eigenvalue weighted by Gasteiger charge is -2.17. The van der Waals surface area contributed by atoms with Gasteiger partial charge in [0.05, 0.1) is 5.92 Å². The zero-order valence-electron chi connectivity index (χ0n) is 11.6. The SMILES string of the molecule is CC#CC[C@@H](CC1=CC(=O)c2ccccc2C1=O)C(=O)O. The van der Waals surface area contributed by atoms with Crippen LogP contribution in [0.4, 0.5) is 0 Å². The third-order valence-electron chi connectivity index (χ3n) is 3.37. The van der Waals surface area contributed by atoms with Crippen molar-refractivity contribution in [3.63, 3.8) is 0 Å². The number of carbonyl (C=O) groups excluding carboxylic acids is 2. The highest BCUT2D eigenvalue weighted by atomic mass is 16.4. The molecule has 106 valence electrons. The van der Waals surface area contributed by atoms with E-state index in [1.807, 2.05) is 0 Å². The van der Waals surface area contributed by atoms with E-state index in [-0.39, 0.29) is 30.0 Å². The van der Waals surface area contributed by atoms with Crippen LogP contribution in [0.15, 0.2) is 35.9 Å². The fourth-order valence-corrected chi connectivity index (χ4v) is 2.26. The molecule has 0 aliphatic heterocycles. The van der Waals surface area contributed by atoms with Crippen molar-refractivity contribution in [1.29, 1.82) is 0 Å². The summed E-state index contributed by atoms with van der Waals surface area (Å²) in [5.41, 5.74) is 0.946. The molecule has 0 fully saturated rings. The predicted octanol–water partition coefficient (Wildman–Crippen LogP) is 2.50. The number of Topliss-reactive ketones (excluding diaryl/α,β-unsaturated/α-hetero) is 1. The van der Waals surface area contributed by atoms with Gasteiger partial charge in [0.1, 0.15) is 0 Å². The number of benzene rings is 1. The Morgan fingerprint density at radius 2 is 1.90 bits per heavy atom. The number of carboxylic acid groups (broad SMARTS) is 1. The summed E-state index contributed by atoms with van der Waals surface area (Å²) in [5, 5.41) is 9.19. The first-order valence-corrected chi connectivity index (χ1v) is 6.55. The molecule has 0 spiro atoms. The molecule has 1 aromatic rings. The number of fused-ring (bicyclic) bond motifs is 1. The van der Waals surface area contributed by atoms with E-state index in [4.69, 9.17) is 0 Å². The van der Waals surface area contributed by atoms with Gasteiger partial charge in [-0.15, -0.1) is 11.8 Å². The van der Waals surface area contributed by atoms with E-state index in [1.165, 1.54) is 6.08 Å². The molecule has 1 N–H and O–H groups in total. The Kier molecular flexibility index (Phi) is 4.34. The van der Waals surface area contributed by atoms with Crippen LogP contribution in [0.5, 0.6) is 0 Å². The Hall–Kier alpha value is -2.67. The lowest BCUT2D eigenvalue weighted by atomic mass is 9.84. The maximum atomic E-state index is 12.3. The van der Waals surface area contributed by atoms with Crippen molar-refractivity contribution < 1.29 is 19.5 Å². The van der Waals surface area contributed by atoms with Gasteiger partial charge < -0.3 is 5.11 Å². The van der Waals surface area contributed by atoms with Gasteiger partial charge in [-0.25, -0.2) is 0 Å². The molecule has 4 nitrogen and oxygen atoms in total. The van der Waals surface area contributed by atoms with E-state index in [0.717, 1.165) is 0 Å². The maximum Gasteiger partial charge on any atom is 0.307 e. The van der Waals surface area contributed by atoms with Crippen LogP contribution >= 0.6 is 0 Å². The minimum atomic E-state index is -1.02. The highest BCUT2D eigenvalue weighted by Gasteiger charge is 2.28. The standard InChI is InChI=1S/C17H14O4/c1-2-3-6-11(17(20)21)9-12-10-15(18)13-7-4-5-8-14(13)16(12)19/h4-5,7-8,10-11H,6,9H2,1H3,(H,20,21)/t11-/m0/s1. The first kappa shape index (κ1) is 14.7. The largest absolute Gasteiger partial charge is 0.481 e. The van der Waals surface area contributed by atoms with Crippen LogP contribution in [-0.2, 0) is 4.79 Å². The monoisotopic (exact) mass is 282 g/mol. The number of carbonyl (C=O) groups is 3. The van der Waals surface area contributed by atoms with E-state index >= 15 is 0 Å². The van der Waals surface area contributed by atoms with Crippen molar-refractivity contribution >= 4 is 17.5 Å². The van der Waals surface area contributed by atoms with Gasteiger partial charge in [-0.1, -0.05) is 24.3 Å². The average Bonchev–Trinajstić information content (AvgIpc) is 2.48. The molecule has 1 aliphatic carbocycles. The summed E-state index contributed by atoms with van der Waals surface area (Å²) in [6.45, 7) is 1.63. The van der Waals surface area contributed by atoms with Crippen LogP contribution in [0.25, 0.3) is 0 Å². The Bertz CT molecular complexity index is 701. The van der Waals surface area contributed by atoms with Gasteiger partial charge in [0.25, 0.3) is 0 Å². The summed E-state index contributed by atoms with van der Waals surface area (Å²) in [7, 11) is 0. The van der Waals surface area contributed by atoms with Crippen molar-refractivity contribution in [2.75, 3.05) is 0 Å². The fraction of sp³-hybridized carbons (Fsp3) is 0.235. The van der Waals surface area contributed by atoms with Crippen LogP contribution in [0.3, 0.4) is 0 Å². The van der Waals surface area contributed by atoms with Crippen molar-refractivity contribution in [2.24, 2.45) is 5.92 Å². The first-order chi connectivity index (χ1) is 10.0. The van der Waals surface area contributed by atoms with Gasteiger partial charge in [0, 0.05) is 23.1 Å². The van der Waals surface area contributed by atoms with E-state index in [0.29, 0.717) is 11.1 Å². The van der Waals surface area contributed by atoms with Crippen molar-refractivity contribution in [3.05, 3.63) is 47.0 Å². The van der Waals surface area contributed by atoms with Gasteiger partial charge in [-0.05, 0) is 19.4 Å². The fourth-order valence-electron chi connectivity index (χ4n) is 2.26. The van der Waals surface area contributed by atoms with E-state index in [2.05, 4.69) is 11.8 Å². The average molecular weight is 282 g/mol. The van der Waals surface area contributed by atoms with Gasteiger partial charge in [0.15, 0.2) is 11.6 Å². The Balaban J connectivity index is 2.28. The van der Waals surface area contributed by atoms with Crippen LogP contribution in [-0.4, -0.2) is 22.6 Å². The third-order valence-corrected chi connectivity index (χ3v) is 3.37. The minimum Gasteiger partial charge on any atom is -0.481 e. The smallest absolute Gasteiger partial charge is 0.307 e. The molecule has 0 bridgehead atoms. The lowest BCUT2D eigenvalue weighted by molar-refractivity contribution is -0.141. The molecule has 0 radical (unpaired) electrons. The van der Waals surface area contributed by atoms with Crippen LogP contribution in [0, 0.1) is 17.8 Å². The molecule has 21 heavy (non-hydrogen) atoms. The predicted molar refractivity (Wildman–Crippen MR) is 77.0 cm³/mol. The molecule has 0 saturated heterocycles. The Labute approximate surface area is 122 Å². The molecular weight excluding hydrogens is 268 g/mol. The molecule has 1 aromatic carbocycles. The number of aliphatic carboxylic acids is 1. The highest BCUT2D eigenvalue weighted by Crippen LogP contribution is 2.26. The van der Waals surface area contributed by atoms with Crippen molar-refractivity contribution in [3.8, 4) is 11.8 Å². The first-order valence-electron chi connectivity index (χ1n) is 6.55. The number of rotatable bonds is 4. The molecule has 0 unspecified atom stereocenters. The zero-order chi connectivity index (χ0) is 15.4. The second kappa shape index (κ2) is 6.19. The van der Waals surface area contributed by atoms with E-state index in [9.17, 15) is 19.5 Å². The third kappa shape index (κ3) is 3.09. The topological polar surface area (TPSA) is 71.4 Å². The molecule has 2 rings (SSSR count). The second-order valence-electron chi connectivity index (χ2n) is 4.78. The summed E-state index contributed by atoms with van der Waals surface area (Å²) in [6, 6.07) is 6.56. The van der Waals surface area contributed by atoms with Crippen LogP contribution in [0.1, 0.15) is 40.5 Å². The van der Waals surface area contributed by atoms with Gasteiger partial charge in [0.2, 0.25) is 0 Å². The molecule has 1 atom stereocenters. The van der Waals surface area contributed by atoms with Crippen LogP contribution in [0.2, 0.25) is 0 Å². The van der Waals surface area contributed by atoms with E-state index < -0.39 is 11.9 Å². The Morgan fingerprint density at radius 3 is 2.52 bits per heavy atom. The number of hydrogen-bond acceptors (Lipinski definition) is 3. The number of ketones is 2. The number of hydrogen-bond donors (Lipinski definition) is 1. The summed E-state index contributed by atoms with van der Waals surface area (Å²) in [5.74, 6) is 3.01. The zero-order valence-corrected chi connectivity index (χ0v) is 11.6. The summed E-state index contributed by atoms with van der Waals surface area (Å²) in [4.78, 5) is 35.6. The summed E-state index contributed by atoms with van der Waals surface area (Å²) >= 11 is 0. The van der Waals surface area contributed by atoms with Crippen LogP contribution < -0.4 is 0 Å². The molecule has 0 heterocycles. The summed E-state index contributed by atoms with van der Waals surface area (Å²) in [6.07, 6.45) is 1.43. The molecule has 0 aromatic heterocycles. The molecule has 0 amide bonds. The van der Waals surface area contributed by atoms with Gasteiger partial charge in [-0.2, -0.15) is 0 Å². The molecule has 0 saturated carbocycles. The molecular formula is C17H14O4. The highest BCUT2D eigenvalue weighted by molar-refractivity contribution is 6.24. The number of carboxylic acids is 1. The minimum absolute atomic E-state index is 0.0168. The van der Waals surface area contributed by atoms with Gasteiger partial charge >= 0.3 is 5.97 Å². The maximum absolute atomic E-state index is 12.3.